The molecule has 13 heteroatoms. The van der Waals surface area contributed by atoms with E-state index in [0.717, 1.165) is 10.3 Å². The molecule has 3 atom stereocenters. The van der Waals surface area contributed by atoms with Gasteiger partial charge in [-0.15, -0.1) is 11.3 Å². The molecule has 44 heavy (non-hydrogen) atoms. The molecule has 0 unspecified atom stereocenters. The van der Waals surface area contributed by atoms with Crippen molar-refractivity contribution in [1.82, 2.24) is 14.6 Å². The quantitative estimate of drug-likeness (QED) is 0.238. The molecule has 1 saturated heterocycles. The van der Waals surface area contributed by atoms with Gasteiger partial charge >= 0.3 is 6.09 Å². The highest BCUT2D eigenvalue weighted by atomic mass is 32.2. The molecule has 1 aliphatic heterocycles. The first-order valence-corrected chi connectivity index (χ1v) is 16.4. The zero-order chi connectivity index (χ0) is 31.4. The number of hydrogen-bond acceptors (Lipinski definition) is 8. The number of nitrogens with one attached hydrogen (secondary N) is 1. The number of cyclic esters (lactones) is 1. The Morgan fingerprint density at radius 2 is 1.86 bits per heavy atom. The number of aliphatic hydroxyl groups is 1. The average molecular weight is 641 g/mol. The van der Waals surface area contributed by atoms with E-state index in [2.05, 4.69) is 10.3 Å². The van der Waals surface area contributed by atoms with E-state index in [0.29, 0.717) is 11.2 Å². The maximum absolute atomic E-state index is 13.8. The predicted molar refractivity (Wildman–Crippen MR) is 165 cm³/mol. The van der Waals surface area contributed by atoms with Crippen molar-refractivity contribution in [3.8, 4) is 0 Å². The summed E-state index contributed by atoms with van der Waals surface area (Å²) < 4.78 is 48.3. The van der Waals surface area contributed by atoms with Crippen LogP contribution in [-0.2, 0) is 26.0 Å². The van der Waals surface area contributed by atoms with Crippen molar-refractivity contribution < 1.29 is 32.2 Å². The third-order valence-corrected chi connectivity index (χ3v) is 9.85. The number of benzene rings is 3. The Morgan fingerprint density at radius 3 is 2.57 bits per heavy atom. The number of carbonyl (C=O) groups excluding carboxylic acids is 2. The molecule has 0 spiro atoms. The van der Waals surface area contributed by atoms with Gasteiger partial charge < -0.3 is 15.2 Å². The third kappa shape index (κ3) is 7.24. The summed E-state index contributed by atoms with van der Waals surface area (Å²) in [4.78, 5) is 31.5. The Labute approximate surface area is 259 Å². The molecule has 0 bridgehead atoms. The second-order valence-corrected chi connectivity index (χ2v) is 13.9. The molecule has 10 nitrogen and oxygen atoms in total. The van der Waals surface area contributed by atoms with E-state index in [1.54, 1.807) is 17.6 Å². The minimum Gasteiger partial charge on any atom is -0.434 e. The normalized spacial score (nSPS) is 16.8. The minimum absolute atomic E-state index is 0.0541. The molecule has 2 N–H and O–H groups in total. The monoisotopic (exact) mass is 640 g/mol. The zero-order valence-electron chi connectivity index (χ0n) is 24.2. The summed E-state index contributed by atoms with van der Waals surface area (Å²) in [6, 6.07) is 18.2. The molecular weight excluding hydrogens is 607 g/mol. The molecule has 1 aliphatic rings. The number of hydrogen-bond donors (Lipinski definition) is 2. The molecule has 2 amide bonds. The maximum Gasteiger partial charge on any atom is 0.415 e. The summed E-state index contributed by atoms with van der Waals surface area (Å²) in [7, 11) is -4.02. The van der Waals surface area contributed by atoms with Gasteiger partial charge in [0.05, 0.1) is 39.3 Å². The summed E-state index contributed by atoms with van der Waals surface area (Å²) in [5.74, 6) is -1.16. The molecule has 5 rings (SSSR count). The van der Waals surface area contributed by atoms with Crippen molar-refractivity contribution >= 4 is 49.3 Å². The molecule has 0 aliphatic carbocycles. The van der Waals surface area contributed by atoms with Crippen molar-refractivity contribution in [2.45, 2.75) is 43.4 Å². The van der Waals surface area contributed by atoms with Crippen LogP contribution in [0.15, 0.2) is 83.2 Å². The Bertz CT molecular complexity index is 1720. The van der Waals surface area contributed by atoms with Crippen LogP contribution in [0.3, 0.4) is 0 Å². The van der Waals surface area contributed by atoms with E-state index < -0.39 is 46.1 Å². The van der Waals surface area contributed by atoms with Crippen LogP contribution < -0.4 is 10.2 Å². The first kappa shape index (κ1) is 31.5. The summed E-state index contributed by atoms with van der Waals surface area (Å²) in [5.41, 5.74) is 3.52. The summed E-state index contributed by atoms with van der Waals surface area (Å²) in [6.45, 7) is 3.50. The molecule has 1 aromatic heterocycles. The fourth-order valence-corrected chi connectivity index (χ4v) is 7.46. The van der Waals surface area contributed by atoms with Gasteiger partial charge in [0.25, 0.3) is 5.91 Å². The number of anilines is 1. The number of sulfonamides is 1. The van der Waals surface area contributed by atoms with Crippen LogP contribution in [0.1, 0.15) is 19.4 Å². The van der Waals surface area contributed by atoms with Crippen molar-refractivity contribution in [3.05, 3.63) is 89.7 Å². The van der Waals surface area contributed by atoms with Gasteiger partial charge in [-0.1, -0.05) is 44.2 Å². The number of aromatic nitrogens is 1. The number of carbonyl (C=O) groups is 2. The molecular formula is C31H33FN4O6S2. The lowest BCUT2D eigenvalue weighted by Gasteiger charge is -2.31. The maximum atomic E-state index is 13.8. The van der Waals surface area contributed by atoms with Crippen LogP contribution in [-0.4, -0.2) is 72.7 Å². The smallest absolute Gasteiger partial charge is 0.415 e. The Hall–Kier alpha value is -3.91. The van der Waals surface area contributed by atoms with E-state index in [1.165, 1.54) is 50.9 Å². The lowest BCUT2D eigenvalue weighted by atomic mass is 10.0. The fraction of sp³-hybridized carbons (Fsp3) is 0.323. The zero-order valence-corrected chi connectivity index (χ0v) is 25.8. The van der Waals surface area contributed by atoms with Crippen LogP contribution in [0.4, 0.5) is 14.9 Å². The van der Waals surface area contributed by atoms with E-state index >= 15 is 0 Å². The van der Waals surface area contributed by atoms with Crippen molar-refractivity contribution in [2.24, 2.45) is 5.92 Å². The number of rotatable bonds is 12. The van der Waals surface area contributed by atoms with Crippen LogP contribution >= 0.6 is 11.3 Å². The third-order valence-electron chi connectivity index (χ3n) is 7.23. The number of aliphatic hydroxyl groups excluding tert-OH is 1. The van der Waals surface area contributed by atoms with Crippen LogP contribution in [0.2, 0.25) is 0 Å². The number of thiazole rings is 1. The molecule has 0 radical (unpaired) electrons. The largest absolute Gasteiger partial charge is 0.434 e. The van der Waals surface area contributed by atoms with Gasteiger partial charge in [-0.05, 0) is 60.4 Å². The highest BCUT2D eigenvalue weighted by Gasteiger charge is 2.39. The molecule has 0 saturated carbocycles. The van der Waals surface area contributed by atoms with Gasteiger partial charge in [0, 0.05) is 18.8 Å². The number of nitrogens with zero attached hydrogens (tertiary/aromatic N) is 3. The van der Waals surface area contributed by atoms with E-state index in [-0.39, 0.29) is 36.9 Å². The Balaban J connectivity index is 1.36. The SMILES string of the molecule is CC(C)CN(C[C@@H](O)[C@H](Cc1ccccc1)NC(=O)[C@@H]1CN(c2ccc(F)cc2)C(=O)O1)S(=O)(=O)c1ccc2ncsc2c1. The minimum atomic E-state index is -4.02. The number of fused-ring (bicyclic) bond motifs is 1. The summed E-state index contributed by atoms with van der Waals surface area (Å²) in [6.07, 6.45) is -3.08. The number of halogens is 1. The highest BCUT2D eigenvalue weighted by molar-refractivity contribution is 7.89. The molecule has 3 aromatic carbocycles. The lowest BCUT2D eigenvalue weighted by Crippen LogP contribution is -2.53. The Kier molecular flexibility index (Phi) is 9.59. The fourth-order valence-electron chi connectivity index (χ4n) is 5.02. The summed E-state index contributed by atoms with van der Waals surface area (Å²) in [5, 5.41) is 14.3. The molecule has 4 aromatic rings. The van der Waals surface area contributed by atoms with Crippen LogP contribution in [0.25, 0.3) is 10.2 Å². The molecule has 232 valence electrons. The second kappa shape index (κ2) is 13.4. The van der Waals surface area contributed by atoms with Crippen molar-refractivity contribution in [1.29, 1.82) is 0 Å². The topological polar surface area (TPSA) is 129 Å². The first-order chi connectivity index (χ1) is 21.0. The van der Waals surface area contributed by atoms with E-state index in [4.69, 9.17) is 4.74 Å². The Morgan fingerprint density at radius 1 is 1.14 bits per heavy atom. The van der Waals surface area contributed by atoms with Gasteiger partial charge in [-0.2, -0.15) is 4.31 Å². The van der Waals surface area contributed by atoms with Crippen molar-refractivity contribution in [3.63, 3.8) is 0 Å². The lowest BCUT2D eigenvalue weighted by molar-refractivity contribution is -0.129. The second-order valence-electron chi connectivity index (χ2n) is 11.0. The van der Waals surface area contributed by atoms with Crippen molar-refractivity contribution in [2.75, 3.05) is 24.5 Å². The van der Waals surface area contributed by atoms with Gasteiger partial charge in [0.15, 0.2) is 6.10 Å². The van der Waals surface area contributed by atoms with Gasteiger partial charge in [0.1, 0.15) is 5.82 Å². The predicted octanol–water partition coefficient (Wildman–Crippen LogP) is 4.20. The van der Waals surface area contributed by atoms with Gasteiger partial charge in [-0.25, -0.2) is 22.6 Å². The molecule has 1 fully saturated rings. The van der Waals surface area contributed by atoms with Crippen LogP contribution in [0, 0.1) is 11.7 Å². The standard InChI is InChI=1S/C31H33FN4O6S2/c1-20(2)16-35(44(40,41)24-12-13-25-29(15-24)43-19-33-25)17-27(37)26(14-21-6-4-3-5-7-21)34-30(38)28-18-36(31(39)42-28)23-10-8-22(32)9-11-23/h3-13,15,19-20,26-28,37H,14,16-18H2,1-2H3,(H,34,38)/t26-,27+,28-/m0/s1. The first-order valence-electron chi connectivity index (χ1n) is 14.1. The molecule has 2 heterocycles. The summed E-state index contributed by atoms with van der Waals surface area (Å²) >= 11 is 1.33. The number of amides is 2. The van der Waals surface area contributed by atoms with Gasteiger partial charge in [0.2, 0.25) is 10.0 Å². The van der Waals surface area contributed by atoms with Crippen LogP contribution in [0.5, 0.6) is 0 Å². The van der Waals surface area contributed by atoms with E-state index in [1.807, 2.05) is 44.2 Å². The van der Waals surface area contributed by atoms with Gasteiger partial charge in [-0.3, -0.25) is 9.69 Å². The van der Waals surface area contributed by atoms with E-state index in [9.17, 15) is 27.5 Å². The number of ether oxygens (including phenoxy) is 1. The highest BCUT2D eigenvalue weighted by Crippen LogP contribution is 2.26. The average Bonchev–Trinajstić information content (AvgIpc) is 3.63.